The number of nitrogens with zero attached hydrogens (tertiary/aromatic N) is 4. The lowest BCUT2D eigenvalue weighted by Gasteiger charge is -2.05. The predicted molar refractivity (Wildman–Crippen MR) is 118 cm³/mol. The smallest absolute Gasteiger partial charge is 0.329 e. The van der Waals surface area contributed by atoms with Crippen molar-refractivity contribution in [1.29, 1.82) is 0 Å². The van der Waals surface area contributed by atoms with Gasteiger partial charge in [-0.1, -0.05) is 18.2 Å². The second-order valence-corrected chi connectivity index (χ2v) is 7.32. The maximum absolute atomic E-state index is 12.9. The zero-order valence-corrected chi connectivity index (χ0v) is 16.8. The molecule has 3 aromatic heterocycles. The van der Waals surface area contributed by atoms with Gasteiger partial charge in [0.2, 0.25) is 0 Å². The number of carbonyl (C=O) groups is 1. The highest BCUT2D eigenvalue weighted by molar-refractivity contribution is 5.97. The van der Waals surface area contributed by atoms with Crippen LogP contribution in [-0.2, 0) is 11.3 Å². The van der Waals surface area contributed by atoms with Crippen molar-refractivity contribution >= 4 is 38.9 Å². The molecule has 0 atom stereocenters. The van der Waals surface area contributed by atoms with E-state index in [-0.39, 0.29) is 5.56 Å². The molecule has 9 heteroatoms. The minimum absolute atomic E-state index is 0.284. The molecule has 0 radical (unpaired) electrons. The third-order valence-corrected chi connectivity index (χ3v) is 5.20. The van der Waals surface area contributed by atoms with Crippen molar-refractivity contribution in [3.05, 3.63) is 59.3 Å². The molecule has 9 nitrogen and oxygen atoms in total. The first-order valence-corrected chi connectivity index (χ1v) is 9.93. The molecular weight excluding hydrogens is 396 g/mol. The van der Waals surface area contributed by atoms with Crippen LogP contribution in [0.25, 0.3) is 44.2 Å². The zero-order chi connectivity index (χ0) is 21.5. The highest BCUT2D eigenvalue weighted by atomic mass is 16.7. The highest BCUT2D eigenvalue weighted by Crippen LogP contribution is 2.29. The normalized spacial score (nSPS) is 11.5. The zero-order valence-electron chi connectivity index (χ0n) is 16.8. The van der Waals surface area contributed by atoms with Crippen molar-refractivity contribution in [2.45, 2.75) is 19.9 Å². The number of aromatic nitrogens is 5. The average molecular weight is 416 g/mol. The summed E-state index contributed by atoms with van der Waals surface area (Å²) in [4.78, 5) is 41.3. The van der Waals surface area contributed by atoms with Gasteiger partial charge in [0.25, 0.3) is 5.56 Å². The molecule has 0 bridgehead atoms. The van der Waals surface area contributed by atoms with Crippen LogP contribution >= 0.6 is 0 Å². The topological polar surface area (TPSA) is 121 Å². The number of aryl methyl sites for hydroxylation is 1. The van der Waals surface area contributed by atoms with Gasteiger partial charge < -0.3 is 20.1 Å². The van der Waals surface area contributed by atoms with E-state index in [1.807, 2.05) is 30.5 Å². The third kappa shape index (κ3) is 3.24. The van der Waals surface area contributed by atoms with E-state index in [1.54, 1.807) is 12.1 Å². The standard InChI is InChI=1S/C22H20N6O3/c1-13(29)31-28-12-24-18-9-16-17(10-20(18)28)25-21(22(30)26-16)15-11-27(8-4-7-23)19-6-3-2-5-14(15)19/h2-3,5-6,9-12H,4,7-8,23H2,1H3,(H,26,30). The van der Waals surface area contributed by atoms with Crippen LogP contribution in [0, 0.1) is 0 Å². The summed E-state index contributed by atoms with van der Waals surface area (Å²) in [6.07, 6.45) is 4.19. The molecule has 0 spiro atoms. The molecule has 3 heterocycles. The first-order valence-electron chi connectivity index (χ1n) is 9.93. The quantitative estimate of drug-likeness (QED) is 0.453. The number of carbonyl (C=O) groups excluding carboxylic acids is 1. The van der Waals surface area contributed by atoms with Crippen molar-refractivity contribution in [2.24, 2.45) is 5.73 Å². The molecule has 5 rings (SSSR count). The van der Waals surface area contributed by atoms with Crippen LogP contribution in [0.5, 0.6) is 0 Å². The summed E-state index contributed by atoms with van der Waals surface area (Å²) >= 11 is 0. The van der Waals surface area contributed by atoms with E-state index in [0.29, 0.717) is 34.3 Å². The van der Waals surface area contributed by atoms with E-state index in [1.165, 1.54) is 18.0 Å². The van der Waals surface area contributed by atoms with Crippen molar-refractivity contribution in [1.82, 2.24) is 24.2 Å². The fourth-order valence-electron chi connectivity index (χ4n) is 3.84. The van der Waals surface area contributed by atoms with Gasteiger partial charge in [-0.2, -0.15) is 4.73 Å². The maximum atomic E-state index is 12.9. The van der Waals surface area contributed by atoms with Crippen LogP contribution in [0.3, 0.4) is 0 Å². The number of hydrogen-bond acceptors (Lipinski definition) is 6. The highest BCUT2D eigenvalue weighted by Gasteiger charge is 2.16. The Kier molecular flexibility index (Phi) is 4.52. The first kappa shape index (κ1) is 19.0. The predicted octanol–water partition coefficient (Wildman–Crippen LogP) is 2.22. The van der Waals surface area contributed by atoms with Gasteiger partial charge in [-0.05, 0) is 31.2 Å². The molecule has 3 N–H and O–H groups in total. The summed E-state index contributed by atoms with van der Waals surface area (Å²) in [6.45, 7) is 2.66. The minimum atomic E-state index is -0.459. The second kappa shape index (κ2) is 7.37. The van der Waals surface area contributed by atoms with Crippen molar-refractivity contribution < 1.29 is 9.63 Å². The van der Waals surface area contributed by atoms with Gasteiger partial charge in [-0.15, -0.1) is 0 Å². The Bertz CT molecular complexity index is 1510. The lowest BCUT2D eigenvalue weighted by atomic mass is 10.1. The van der Waals surface area contributed by atoms with E-state index < -0.39 is 5.97 Å². The number of imidazole rings is 1. The van der Waals surface area contributed by atoms with E-state index >= 15 is 0 Å². The molecule has 5 aromatic rings. The van der Waals surface area contributed by atoms with Crippen LogP contribution in [-0.4, -0.2) is 36.8 Å². The van der Waals surface area contributed by atoms with E-state index in [0.717, 1.165) is 29.4 Å². The molecule has 0 saturated carbocycles. The Balaban J connectivity index is 1.71. The largest absolute Gasteiger partial charge is 0.347 e. The minimum Gasteiger partial charge on any atom is -0.347 e. The van der Waals surface area contributed by atoms with E-state index in [2.05, 4.69) is 19.5 Å². The molecule has 31 heavy (non-hydrogen) atoms. The van der Waals surface area contributed by atoms with Crippen LogP contribution in [0.2, 0.25) is 0 Å². The summed E-state index contributed by atoms with van der Waals surface area (Å²) in [6, 6.07) is 11.4. The summed E-state index contributed by atoms with van der Waals surface area (Å²) in [5.74, 6) is -0.459. The van der Waals surface area contributed by atoms with Crippen molar-refractivity contribution in [3.8, 4) is 11.3 Å². The number of aromatic amines is 1. The Morgan fingerprint density at radius 2 is 2.03 bits per heavy atom. The van der Waals surface area contributed by atoms with Gasteiger partial charge >= 0.3 is 5.97 Å². The van der Waals surface area contributed by atoms with Crippen LogP contribution < -0.4 is 16.1 Å². The molecule has 156 valence electrons. The molecule has 0 aliphatic rings. The first-order chi connectivity index (χ1) is 15.0. The number of para-hydroxylation sites is 1. The van der Waals surface area contributed by atoms with E-state index in [4.69, 9.17) is 10.6 Å². The van der Waals surface area contributed by atoms with Gasteiger partial charge in [0.05, 0.1) is 16.6 Å². The van der Waals surface area contributed by atoms with Crippen LogP contribution in [0.4, 0.5) is 0 Å². The lowest BCUT2D eigenvalue weighted by Crippen LogP contribution is -2.15. The van der Waals surface area contributed by atoms with Crippen LogP contribution in [0.1, 0.15) is 13.3 Å². The fraction of sp³-hybridized carbons (Fsp3) is 0.182. The SMILES string of the molecule is CC(=O)On1cnc2cc3[nH]c(=O)c(-c4cn(CCCN)c5ccccc45)nc3cc21. The maximum Gasteiger partial charge on any atom is 0.329 e. The van der Waals surface area contributed by atoms with Gasteiger partial charge in [0.15, 0.2) is 0 Å². The number of nitrogens with one attached hydrogen (secondary N) is 1. The van der Waals surface area contributed by atoms with Gasteiger partial charge in [0, 0.05) is 36.1 Å². The molecule has 0 aliphatic heterocycles. The van der Waals surface area contributed by atoms with Gasteiger partial charge in [-0.25, -0.2) is 14.8 Å². The average Bonchev–Trinajstić information content (AvgIpc) is 3.31. The van der Waals surface area contributed by atoms with Crippen molar-refractivity contribution in [2.75, 3.05) is 6.54 Å². The molecular formula is C22H20N6O3. The molecule has 0 unspecified atom stereocenters. The Morgan fingerprint density at radius 3 is 2.84 bits per heavy atom. The molecule has 2 aromatic carbocycles. The number of benzene rings is 2. The molecule has 0 aliphatic carbocycles. The Morgan fingerprint density at radius 1 is 1.19 bits per heavy atom. The monoisotopic (exact) mass is 416 g/mol. The summed E-state index contributed by atoms with van der Waals surface area (Å²) in [7, 11) is 0. The Hall–Kier alpha value is -3.98. The lowest BCUT2D eigenvalue weighted by molar-refractivity contribution is -0.141. The number of H-pyrrole nitrogens is 1. The third-order valence-electron chi connectivity index (χ3n) is 5.20. The van der Waals surface area contributed by atoms with E-state index in [9.17, 15) is 9.59 Å². The number of hydrogen-bond donors (Lipinski definition) is 2. The molecule has 0 fully saturated rings. The Labute approximate surface area is 176 Å². The fourth-order valence-corrected chi connectivity index (χ4v) is 3.84. The molecule has 0 saturated heterocycles. The summed E-state index contributed by atoms with van der Waals surface area (Å²) in [5.41, 5.74) is 9.79. The molecule has 0 amide bonds. The number of fused-ring (bicyclic) bond motifs is 3. The van der Waals surface area contributed by atoms with Gasteiger partial charge in [-0.3, -0.25) is 4.79 Å². The number of rotatable bonds is 5. The second-order valence-electron chi connectivity index (χ2n) is 7.32. The summed E-state index contributed by atoms with van der Waals surface area (Å²) < 4.78 is 3.39. The van der Waals surface area contributed by atoms with Crippen molar-refractivity contribution in [3.63, 3.8) is 0 Å². The summed E-state index contributed by atoms with van der Waals surface area (Å²) in [5, 5.41) is 0.947. The number of nitrogens with two attached hydrogens (primary N) is 1. The van der Waals surface area contributed by atoms with Gasteiger partial charge in [0.1, 0.15) is 17.5 Å². The van der Waals surface area contributed by atoms with Crippen LogP contribution in [0.15, 0.2) is 53.7 Å².